The van der Waals surface area contributed by atoms with Gasteiger partial charge >= 0.3 is 29.3 Å². The number of nitro groups is 4. The highest BCUT2D eigenvalue weighted by Crippen LogP contribution is 2.32. The van der Waals surface area contributed by atoms with Crippen molar-refractivity contribution in [1.29, 1.82) is 0 Å². The second kappa shape index (κ2) is 28.7. The number of hydrogen-bond donors (Lipinski definition) is 1. The Labute approximate surface area is 325 Å². The maximum Gasteiger partial charge on any atom is 0.318 e. The van der Waals surface area contributed by atoms with Crippen LogP contribution >= 0.6 is 0 Å². The van der Waals surface area contributed by atoms with Crippen molar-refractivity contribution in [3.63, 3.8) is 0 Å². The molecule has 0 saturated heterocycles. The van der Waals surface area contributed by atoms with Gasteiger partial charge in [0, 0.05) is 71.0 Å². The highest BCUT2D eigenvalue weighted by Gasteiger charge is 2.22. The fourth-order valence-corrected chi connectivity index (χ4v) is 3.56. The SMILES string of the molecule is CCC(=O)Oc1cc([N+](=O)[O-])ccc1OC.CCC(=O)Oc1ccc([N+](=O)[O-])cc1[N+](=O)[O-].CCC(=O)Oc1ccccc1[N+](=O)[O-].COCCCOCCCO. The fourth-order valence-electron chi connectivity index (χ4n) is 3.56. The molecule has 3 rings (SSSR count). The van der Waals surface area contributed by atoms with Gasteiger partial charge in [0.05, 0.1) is 38.9 Å². The van der Waals surface area contributed by atoms with Crippen LogP contribution in [0.1, 0.15) is 52.9 Å². The zero-order chi connectivity index (χ0) is 43.3. The van der Waals surface area contributed by atoms with Crippen LogP contribution in [0.5, 0.6) is 23.0 Å². The molecule has 0 fully saturated rings. The monoisotopic (exact) mass is 808 g/mol. The van der Waals surface area contributed by atoms with E-state index in [0.29, 0.717) is 6.61 Å². The number of para-hydroxylation sites is 2. The van der Waals surface area contributed by atoms with Crippen LogP contribution in [-0.2, 0) is 23.9 Å². The molecular weight excluding hydrogens is 764 g/mol. The van der Waals surface area contributed by atoms with E-state index >= 15 is 0 Å². The van der Waals surface area contributed by atoms with Crippen molar-refractivity contribution < 1.29 is 67.6 Å². The molecule has 0 bridgehead atoms. The van der Waals surface area contributed by atoms with Crippen molar-refractivity contribution in [2.75, 3.05) is 40.6 Å². The Morgan fingerprint density at radius 2 is 1.02 bits per heavy atom. The van der Waals surface area contributed by atoms with Gasteiger partial charge in [0.15, 0.2) is 11.5 Å². The largest absolute Gasteiger partial charge is 0.493 e. The molecule has 0 aromatic heterocycles. The first kappa shape index (κ1) is 50.4. The maximum atomic E-state index is 11.1. The Morgan fingerprint density at radius 3 is 1.47 bits per heavy atom. The first-order valence-electron chi connectivity index (χ1n) is 16.9. The Balaban J connectivity index is 0.000000746. The van der Waals surface area contributed by atoms with Crippen molar-refractivity contribution in [2.24, 2.45) is 0 Å². The Kier molecular flexibility index (Phi) is 25.4. The molecule has 0 unspecified atom stereocenters. The van der Waals surface area contributed by atoms with Crippen LogP contribution in [0, 0.1) is 40.5 Å². The first-order valence-corrected chi connectivity index (χ1v) is 16.9. The van der Waals surface area contributed by atoms with Gasteiger partial charge in [0.2, 0.25) is 11.5 Å². The number of methoxy groups -OCH3 is 2. The van der Waals surface area contributed by atoms with Gasteiger partial charge < -0.3 is 33.5 Å². The van der Waals surface area contributed by atoms with Crippen LogP contribution < -0.4 is 18.9 Å². The molecule has 57 heavy (non-hydrogen) atoms. The Bertz CT molecular complexity index is 1780. The molecule has 0 aliphatic heterocycles. The molecule has 0 saturated carbocycles. The summed E-state index contributed by atoms with van der Waals surface area (Å²) in [5.41, 5.74) is -1.40. The molecule has 3 aromatic rings. The van der Waals surface area contributed by atoms with Gasteiger partial charge in [-0.25, -0.2) is 0 Å². The summed E-state index contributed by atoms with van der Waals surface area (Å²) in [6.45, 7) is 7.13. The summed E-state index contributed by atoms with van der Waals surface area (Å²) in [5, 5.41) is 50.5. The Hall–Kier alpha value is -6.65. The lowest BCUT2D eigenvalue weighted by Gasteiger charge is -2.07. The van der Waals surface area contributed by atoms with Crippen LogP contribution in [0.25, 0.3) is 0 Å². The molecule has 22 nitrogen and oxygen atoms in total. The lowest BCUT2D eigenvalue weighted by atomic mass is 10.2. The lowest BCUT2D eigenvalue weighted by Crippen LogP contribution is -2.07. The summed E-state index contributed by atoms with van der Waals surface area (Å²) in [6, 6.07) is 12.4. The van der Waals surface area contributed by atoms with E-state index in [4.69, 9.17) is 28.8 Å². The predicted molar refractivity (Wildman–Crippen MR) is 199 cm³/mol. The molecule has 0 aliphatic carbocycles. The van der Waals surface area contributed by atoms with Crippen LogP contribution in [0.4, 0.5) is 22.7 Å². The number of carbonyl (C=O) groups is 3. The van der Waals surface area contributed by atoms with Gasteiger partial charge in [-0.15, -0.1) is 0 Å². The molecule has 22 heteroatoms. The maximum absolute atomic E-state index is 11.1. The quantitative estimate of drug-likeness (QED) is 0.0501. The van der Waals surface area contributed by atoms with Gasteiger partial charge in [0.25, 0.3) is 11.4 Å². The normalized spacial score (nSPS) is 9.72. The second-order valence-electron chi connectivity index (χ2n) is 10.5. The minimum Gasteiger partial charge on any atom is -0.493 e. The number of rotatable bonds is 18. The summed E-state index contributed by atoms with van der Waals surface area (Å²) >= 11 is 0. The van der Waals surface area contributed by atoms with Crippen LogP contribution in [-0.4, -0.2) is 83.4 Å². The summed E-state index contributed by atoms with van der Waals surface area (Å²) < 4.78 is 29.3. The molecule has 0 atom stereocenters. The number of ether oxygens (including phenoxy) is 6. The van der Waals surface area contributed by atoms with E-state index in [0.717, 1.165) is 50.3 Å². The van der Waals surface area contributed by atoms with E-state index in [1.54, 1.807) is 27.0 Å². The minimum absolute atomic E-state index is 0.00986. The number of benzene rings is 3. The van der Waals surface area contributed by atoms with Gasteiger partial charge in [-0.3, -0.25) is 54.8 Å². The van der Waals surface area contributed by atoms with E-state index in [2.05, 4.69) is 4.74 Å². The third kappa shape index (κ3) is 20.6. The highest BCUT2D eigenvalue weighted by molar-refractivity contribution is 5.74. The minimum atomic E-state index is -0.842. The fraction of sp³-hybridized carbons (Fsp3) is 0.400. The number of aliphatic hydroxyl groups excluding tert-OH is 1. The Morgan fingerprint density at radius 1 is 0.561 bits per heavy atom. The molecule has 0 heterocycles. The standard InChI is InChI=1S/C10H11NO5.C9H8N2O6.C9H9NO4.C7H16O3/c1-3-10(12)16-9-6-7(11(13)14)4-5-8(9)15-2;1-2-9(12)17-8-4-3-6(10(13)14)5-7(8)11(15)16;1-2-9(11)14-8-6-4-3-5-7(8)10(12)13;1-9-5-3-7-10-6-2-4-8/h4-6H,3H2,1-2H3;3-5H,2H2,1H3;3-6H,2H2,1H3;8H,2-7H2,1H3. The molecule has 0 spiro atoms. The molecular formula is C35H44N4O18. The van der Waals surface area contributed by atoms with Crippen LogP contribution in [0.3, 0.4) is 0 Å². The summed E-state index contributed by atoms with van der Waals surface area (Å²) in [4.78, 5) is 72.4. The third-order valence-electron chi connectivity index (χ3n) is 6.39. The summed E-state index contributed by atoms with van der Waals surface area (Å²) in [5.74, 6) is -1.58. The topological polar surface area (TPSA) is 299 Å². The van der Waals surface area contributed by atoms with E-state index in [1.165, 1.54) is 44.4 Å². The van der Waals surface area contributed by atoms with Crippen molar-refractivity contribution in [1.82, 2.24) is 0 Å². The number of aliphatic hydroxyl groups is 1. The first-order chi connectivity index (χ1) is 27.1. The zero-order valence-corrected chi connectivity index (χ0v) is 31.8. The van der Waals surface area contributed by atoms with Crippen LogP contribution in [0.2, 0.25) is 0 Å². The second-order valence-corrected chi connectivity index (χ2v) is 10.5. The van der Waals surface area contributed by atoms with E-state index in [1.807, 2.05) is 0 Å². The molecule has 1 N–H and O–H groups in total. The summed E-state index contributed by atoms with van der Waals surface area (Å²) in [6.07, 6.45) is 2.08. The molecule has 0 amide bonds. The number of nitro benzene ring substituents is 4. The van der Waals surface area contributed by atoms with E-state index in [9.17, 15) is 54.8 Å². The number of carbonyl (C=O) groups excluding carboxylic acids is 3. The van der Waals surface area contributed by atoms with Gasteiger partial charge in [-0.1, -0.05) is 32.9 Å². The molecule has 3 aromatic carbocycles. The third-order valence-corrected chi connectivity index (χ3v) is 6.39. The number of non-ortho nitro benzene ring substituents is 2. The zero-order valence-electron chi connectivity index (χ0n) is 31.8. The lowest BCUT2D eigenvalue weighted by molar-refractivity contribution is -0.394. The average molecular weight is 809 g/mol. The number of esters is 3. The van der Waals surface area contributed by atoms with Crippen molar-refractivity contribution in [2.45, 2.75) is 52.9 Å². The van der Waals surface area contributed by atoms with E-state index in [-0.39, 0.29) is 60.2 Å². The molecule has 0 aliphatic rings. The van der Waals surface area contributed by atoms with Gasteiger partial charge in [0.1, 0.15) is 0 Å². The highest BCUT2D eigenvalue weighted by atomic mass is 16.6. The average Bonchev–Trinajstić information content (AvgIpc) is 3.19. The van der Waals surface area contributed by atoms with Gasteiger partial charge in [-0.05, 0) is 31.0 Å². The molecule has 312 valence electrons. The van der Waals surface area contributed by atoms with E-state index < -0.39 is 49.0 Å². The van der Waals surface area contributed by atoms with Crippen molar-refractivity contribution >= 4 is 40.7 Å². The van der Waals surface area contributed by atoms with Gasteiger partial charge in [-0.2, -0.15) is 0 Å². The number of hydrogen-bond acceptors (Lipinski definition) is 18. The number of nitrogens with zero attached hydrogens (tertiary/aromatic N) is 4. The van der Waals surface area contributed by atoms with Crippen molar-refractivity contribution in [3.8, 4) is 23.0 Å². The predicted octanol–water partition coefficient (Wildman–Crippen LogP) is 6.07. The smallest absolute Gasteiger partial charge is 0.318 e. The summed E-state index contributed by atoms with van der Waals surface area (Å²) in [7, 11) is 3.07. The molecule has 0 radical (unpaired) electrons. The van der Waals surface area contributed by atoms with Crippen LogP contribution in [0.15, 0.2) is 60.7 Å². The van der Waals surface area contributed by atoms with Crippen molar-refractivity contribution in [3.05, 3.63) is 101 Å².